The summed E-state index contributed by atoms with van der Waals surface area (Å²) in [5.41, 5.74) is 2.25. The maximum atomic E-state index is 13.6. The fourth-order valence-electron chi connectivity index (χ4n) is 3.83. The van der Waals surface area contributed by atoms with Crippen LogP contribution in [0.4, 0.5) is 0 Å². The molecule has 8 nitrogen and oxygen atoms in total. The summed E-state index contributed by atoms with van der Waals surface area (Å²) >= 11 is 0. The van der Waals surface area contributed by atoms with Gasteiger partial charge in [-0.25, -0.2) is 8.42 Å². The van der Waals surface area contributed by atoms with Crippen molar-refractivity contribution in [3.8, 4) is 17.2 Å². The number of aryl methyl sites for hydroxylation is 1. The van der Waals surface area contributed by atoms with E-state index < -0.39 is 15.9 Å². The molecule has 1 atom stereocenters. The molecule has 0 spiro atoms. The zero-order valence-electron chi connectivity index (χ0n) is 21.1. The minimum absolute atomic E-state index is 0.0480. The number of sulfonamides is 1. The summed E-state index contributed by atoms with van der Waals surface area (Å²) in [6, 6.07) is 18.8. The Hall–Kier alpha value is -3.56. The van der Waals surface area contributed by atoms with Crippen LogP contribution in [0.5, 0.6) is 17.2 Å². The Morgan fingerprint density at radius 3 is 2.14 bits per heavy atom. The third kappa shape index (κ3) is 6.35. The van der Waals surface area contributed by atoms with Crippen molar-refractivity contribution in [2.75, 3.05) is 27.9 Å². The average Bonchev–Trinajstić information content (AvgIpc) is 2.88. The molecule has 36 heavy (non-hydrogen) atoms. The van der Waals surface area contributed by atoms with Gasteiger partial charge in [-0.1, -0.05) is 36.4 Å². The lowest BCUT2D eigenvalue weighted by Crippen LogP contribution is -2.41. The van der Waals surface area contributed by atoms with Gasteiger partial charge in [0.05, 0.1) is 38.8 Å². The van der Waals surface area contributed by atoms with Crippen LogP contribution in [0.1, 0.15) is 29.7 Å². The van der Waals surface area contributed by atoms with Gasteiger partial charge in [-0.15, -0.1) is 0 Å². The number of nitrogens with zero attached hydrogens (tertiary/aromatic N) is 1. The van der Waals surface area contributed by atoms with Crippen molar-refractivity contribution in [2.24, 2.45) is 0 Å². The third-order valence-corrected chi connectivity index (χ3v) is 7.60. The van der Waals surface area contributed by atoms with Crippen molar-refractivity contribution >= 4 is 15.9 Å². The van der Waals surface area contributed by atoms with Gasteiger partial charge in [-0.05, 0) is 60.9 Å². The number of rotatable bonds is 11. The molecule has 0 aliphatic rings. The molecule has 1 unspecified atom stereocenters. The van der Waals surface area contributed by atoms with E-state index in [4.69, 9.17) is 14.2 Å². The molecule has 0 fully saturated rings. The third-order valence-electron chi connectivity index (χ3n) is 5.81. The smallest absolute Gasteiger partial charge is 0.243 e. The number of carbonyl (C=O) groups excluding carboxylic acids is 1. The highest BCUT2D eigenvalue weighted by molar-refractivity contribution is 7.89. The Bertz CT molecular complexity index is 1290. The fraction of sp³-hybridized carbons (Fsp3) is 0.296. The largest absolute Gasteiger partial charge is 0.496 e. The first-order valence-corrected chi connectivity index (χ1v) is 12.8. The van der Waals surface area contributed by atoms with Gasteiger partial charge in [0.25, 0.3) is 0 Å². The fourth-order valence-corrected chi connectivity index (χ4v) is 5.30. The lowest BCUT2D eigenvalue weighted by molar-refractivity contribution is -0.122. The number of benzene rings is 3. The van der Waals surface area contributed by atoms with Gasteiger partial charge in [0.1, 0.15) is 5.75 Å². The molecular formula is C27H32N2O6S. The number of amides is 1. The van der Waals surface area contributed by atoms with E-state index in [1.54, 1.807) is 38.3 Å². The highest BCUT2D eigenvalue weighted by atomic mass is 32.2. The minimum Gasteiger partial charge on any atom is -0.496 e. The number of ether oxygens (including phenoxy) is 3. The standard InChI is InChI=1S/C27H32N2O6S/c1-19-15-23(12-14-24(19)33-3)36(31,32)29(17-21-9-7-6-8-10-21)18-27(30)28-20(2)22-11-13-25(34-4)26(16-22)35-5/h6-16,20H,17-18H2,1-5H3,(H,28,30). The minimum atomic E-state index is -3.98. The van der Waals surface area contributed by atoms with Crippen LogP contribution in [0, 0.1) is 6.92 Å². The summed E-state index contributed by atoms with van der Waals surface area (Å²) in [6.45, 7) is 3.30. The second-order valence-corrected chi connectivity index (χ2v) is 10.2. The van der Waals surface area contributed by atoms with Crippen LogP contribution in [-0.4, -0.2) is 46.5 Å². The summed E-state index contributed by atoms with van der Waals surface area (Å²) in [5.74, 6) is 1.28. The summed E-state index contributed by atoms with van der Waals surface area (Å²) < 4.78 is 44.3. The Kier molecular flexibility index (Phi) is 8.95. The monoisotopic (exact) mass is 512 g/mol. The van der Waals surface area contributed by atoms with Crippen molar-refractivity contribution in [3.05, 3.63) is 83.4 Å². The lowest BCUT2D eigenvalue weighted by Gasteiger charge is -2.24. The van der Waals surface area contributed by atoms with Crippen LogP contribution in [-0.2, 0) is 21.4 Å². The SMILES string of the molecule is COc1ccc(S(=O)(=O)N(CC(=O)NC(C)c2ccc(OC)c(OC)c2)Cc2ccccc2)cc1C. The zero-order valence-corrected chi connectivity index (χ0v) is 22.0. The topological polar surface area (TPSA) is 94.2 Å². The number of carbonyl (C=O) groups is 1. The van der Waals surface area contributed by atoms with Crippen LogP contribution < -0.4 is 19.5 Å². The molecule has 1 N–H and O–H groups in total. The molecule has 9 heteroatoms. The predicted octanol–water partition coefficient (Wildman–Crippen LogP) is 4.09. The molecule has 0 heterocycles. The van der Waals surface area contributed by atoms with E-state index in [1.165, 1.54) is 24.6 Å². The second kappa shape index (κ2) is 11.9. The van der Waals surface area contributed by atoms with Gasteiger partial charge in [0.2, 0.25) is 15.9 Å². The van der Waals surface area contributed by atoms with E-state index in [1.807, 2.05) is 43.3 Å². The van der Waals surface area contributed by atoms with Crippen molar-refractivity contribution < 1.29 is 27.4 Å². The van der Waals surface area contributed by atoms with Crippen LogP contribution >= 0.6 is 0 Å². The number of hydrogen-bond donors (Lipinski definition) is 1. The van der Waals surface area contributed by atoms with Crippen molar-refractivity contribution in [1.29, 1.82) is 0 Å². The highest BCUT2D eigenvalue weighted by Crippen LogP contribution is 2.30. The Morgan fingerprint density at radius 1 is 0.889 bits per heavy atom. The Balaban J connectivity index is 1.85. The van der Waals surface area contributed by atoms with Gasteiger partial charge in [-0.2, -0.15) is 4.31 Å². The average molecular weight is 513 g/mol. The highest BCUT2D eigenvalue weighted by Gasteiger charge is 2.28. The van der Waals surface area contributed by atoms with Gasteiger partial charge in [0, 0.05) is 6.54 Å². The summed E-state index contributed by atoms with van der Waals surface area (Å²) in [7, 11) is 0.639. The van der Waals surface area contributed by atoms with Crippen molar-refractivity contribution in [2.45, 2.75) is 31.3 Å². The first kappa shape index (κ1) is 27.0. The summed E-state index contributed by atoms with van der Waals surface area (Å²) in [6.07, 6.45) is 0. The maximum absolute atomic E-state index is 13.6. The molecule has 0 aromatic heterocycles. The van der Waals surface area contributed by atoms with Crippen LogP contribution in [0.25, 0.3) is 0 Å². The van der Waals surface area contributed by atoms with Crippen LogP contribution in [0.3, 0.4) is 0 Å². The van der Waals surface area contributed by atoms with Crippen LogP contribution in [0.15, 0.2) is 71.6 Å². The molecule has 192 valence electrons. The molecule has 1 amide bonds. The van der Waals surface area contributed by atoms with E-state index in [2.05, 4.69) is 5.32 Å². The predicted molar refractivity (Wildman–Crippen MR) is 138 cm³/mol. The molecule has 0 bridgehead atoms. The van der Waals surface area contributed by atoms with E-state index in [9.17, 15) is 13.2 Å². The number of nitrogens with one attached hydrogen (secondary N) is 1. The van der Waals surface area contributed by atoms with Gasteiger partial charge < -0.3 is 19.5 Å². The first-order valence-electron chi connectivity index (χ1n) is 11.4. The zero-order chi connectivity index (χ0) is 26.3. The van der Waals surface area contributed by atoms with Gasteiger partial charge in [0.15, 0.2) is 11.5 Å². The molecule has 0 radical (unpaired) electrons. The first-order chi connectivity index (χ1) is 17.2. The lowest BCUT2D eigenvalue weighted by atomic mass is 10.1. The van der Waals surface area contributed by atoms with Crippen LogP contribution in [0.2, 0.25) is 0 Å². The molecule has 3 aromatic carbocycles. The molecule has 0 saturated heterocycles. The summed E-state index contributed by atoms with van der Waals surface area (Å²) in [4.78, 5) is 13.2. The summed E-state index contributed by atoms with van der Waals surface area (Å²) in [5, 5.41) is 2.89. The van der Waals surface area contributed by atoms with E-state index in [0.717, 1.165) is 11.1 Å². The molecule has 0 aliphatic heterocycles. The molecule has 3 aromatic rings. The quantitative estimate of drug-likeness (QED) is 0.416. The van der Waals surface area contributed by atoms with E-state index in [0.29, 0.717) is 22.8 Å². The van der Waals surface area contributed by atoms with Crippen molar-refractivity contribution in [3.63, 3.8) is 0 Å². The number of hydrogen-bond acceptors (Lipinski definition) is 6. The Labute approximate surface area is 212 Å². The van der Waals surface area contributed by atoms with Crippen molar-refractivity contribution in [1.82, 2.24) is 9.62 Å². The molecule has 0 saturated carbocycles. The maximum Gasteiger partial charge on any atom is 0.243 e. The van der Waals surface area contributed by atoms with E-state index >= 15 is 0 Å². The molecule has 3 rings (SSSR count). The Morgan fingerprint density at radius 2 is 1.53 bits per heavy atom. The van der Waals surface area contributed by atoms with Gasteiger partial charge in [-0.3, -0.25) is 4.79 Å². The number of methoxy groups -OCH3 is 3. The normalized spacial score (nSPS) is 12.2. The molecule has 0 aliphatic carbocycles. The molecular weight excluding hydrogens is 480 g/mol. The van der Waals surface area contributed by atoms with E-state index in [-0.39, 0.29) is 24.0 Å². The second-order valence-electron chi connectivity index (χ2n) is 8.29. The van der Waals surface area contributed by atoms with Gasteiger partial charge >= 0.3 is 0 Å².